The molecule has 142 valence electrons. The van der Waals surface area contributed by atoms with Gasteiger partial charge in [-0.05, 0) is 38.4 Å². The van der Waals surface area contributed by atoms with Crippen LogP contribution in [0.15, 0.2) is 46.1 Å². The predicted octanol–water partition coefficient (Wildman–Crippen LogP) is 3.90. The molecule has 2 aromatic heterocycles. The summed E-state index contributed by atoms with van der Waals surface area (Å²) >= 11 is 1.65. The molecule has 0 bridgehead atoms. The van der Waals surface area contributed by atoms with E-state index in [0.717, 1.165) is 48.6 Å². The molecule has 0 unspecified atom stereocenters. The van der Waals surface area contributed by atoms with Gasteiger partial charge in [0.2, 0.25) is 0 Å². The lowest BCUT2D eigenvalue weighted by molar-refractivity contribution is 0.213. The highest BCUT2D eigenvalue weighted by Gasteiger charge is 2.18. The number of thioether (sulfide) groups is 1. The Morgan fingerprint density at radius 1 is 1.04 bits per heavy atom. The SMILES string of the molecule is Cc1cc(CSc2nnc(CN3CCCCC3)n2Cc2ccccc2)on1. The molecule has 0 radical (unpaired) electrons. The van der Waals surface area contributed by atoms with E-state index in [4.69, 9.17) is 4.52 Å². The number of hydrogen-bond acceptors (Lipinski definition) is 6. The highest BCUT2D eigenvalue weighted by atomic mass is 32.2. The molecule has 0 spiro atoms. The summed E-state index contributed by atoms with van der Waals surface area (Å²) in [6, 6.07) is 12.5. The molecule has 3 heterocycles. The summed E-state index contributed by atoms with van der Waals surface area (Å²) in [5.74, 6) is 2.61. The second kappa shape index (κ2) is 8.71. The smallest absolute Gasteiger partial charge is 0.192 e. The summed E-state index contributed by atoms with van der Waals surface area (Å²) in [6.07, 6.45) is 3.89. The highest BCUT2D eigenvalue weighted by molar-refractivity contribution is 7.98. The van der Waals surface area contributed by atoms with E-state index < -0.39 is 0 Å². The van der Waals surface area contributed by atoms with Crippen LogP contribution in [0.4, 0.5) is 0 Å². The van der Waals surface area contributed by atoms with Crippen LogP contribution in [0.2, 0.25) is 0 Å². The largest absolute Gasteiger partial charge is 0.360 e. The molecule has 0 N–H and O–H groups in total. The molecule has 0 aliphatic carbocycles. The first-order valence-electron chi connectivity index (χ1n) is 9.51. The Hall–Kier alpha value is -2.12. The number of aromatic nitrogens is 4. The fourth-order valence-electron chi connectivity index (χ4n) is 3.41. The van der Waals surface area contributed by atoms with Gasteiger partial charge in [-0.1, -0.05) is 53.7 Å². The van der Waals surface area contributed by atoms with Crippen LogP contribution in [0.5, 0.6) is 0 Å². The number of piperidine rings is 1. The maximum atomic E-state index is 5.34. The van der Waals surface area contributed by atoms with Crippen molar-refractivity contribution in [1.82, 2.24) is 24.8 Å². The Balaban J connectivity index is 1.53. The van der Waals surface area contributed by atoms with E-state index in [-0.39, 0.29) is 0 Å². The van der Waals surface area contributed by atoms with Crippen LogP contribution >= 0.6 is 11.8 Å². The minimum Gasteiger partial charge on any atom is -0.360 e. The van der Waals surface area contributed by atoms with Gasteiger partial charge in [-0.3, -0.25) is 4.90 Å². The lowest BCUT2D eigenvalue weighted by Gasteiger charge is -2.26. The number of aryl methyl sites for hydroxylation is 1. The van der Waals surface area contributed by atoms with Gasteiger partial charge in [0.25, 0.3) is 0 Å². The molecule has 4 rings (SSSR count). The van der Waals surface area contributed by atoms with Crippen molar-refractivity contribution in [2.75, 3.05) is 13.1 Å². The molecule has 0 atom stereocenters. The van der Waals surface area contributed by atoms with Gasteiger partial charge in [-0.15, -0.1) is 10.2 Å². The van der Waals surface area contributed by atoms with Crippen molar-refractivity contribution in [3.05, 3.63) is 59.2 Å². The monoisotopic (exact) mass is 383 g/mol. The fourth-order valence-corrected chi connectivity index (χ4v) is 4.24. The summed E-state index contributed by atoms with van der Waals surface area (Å²) in [5, 5.41) is 13.9. The van der Waals surface area contributed by atoms with E-state index in [0.29, 0.717) is 5.75 Å². The summed E-state index contributed by atoms with van der Waals surface area (Å²) in [6.45, 7) is 5.89. The van der Waals surface area contributed by atoms with Gasteiger partial charge in [0.05, 0.1) is 24.5 Å². The van der Waals surface area contributed by atoms with Gasteiger partial charge < -0.3 is 9.09 Å². The molecular weight excluding hydrogens is 358 g/mol. The van der Waals surface area contributed by atoms with E-state index in [9.17, 15) is 0 Å². The Kier molecular flexibility index (Phi) is 5.89. The number of rotatable bonds is 7. The molecule has 1 fully saturated rings. The fraction of sp³-hybridized carbons (Fsp3) is 0.450. The van der Waals surface area contributed by atoms with Crippen molar-refractivity contribution in [2.45, 2.75) is 50.2 Å². The zero-order chi connectivity index (χ0) is 18.5. The van der Waals surface area contributed by atoms with Crippen molar-refractivity contribution in [3.8, 4) is 0 Å². The van der Waals surface area contributed by atoms with E-state index in [1.54, 1.807) is 11.8 Å². The standard InChI is InChI=1S/C20H25N5OS/c1-16-12-18(26-23-16)15-27-20-22-21-19(14-24-10-6-3-7-11-24)25(20)13-17-8-4-2-5-9-17/h2,4-5,8-9,12H,3,6-7,10-11,13-15H2,1H3. The number of nitrogens with zero attached hydrogens (tertiary/aromatic N) is 5. The van der Waals surface area contributed by atoms with E-state index in [1.165, 1.54) is 24.8 Å². The van der Waals surface area contributed by atoms with Crippen molar-refractivity contribution in [2.24, 2.45) is 0 Å². The zero-order valence-corrected chi connectivity index (χ0v) is 16.5. The Morgan fingerprint density at radius 3 is 2.59 bits per heavy atom. The third kappa shape index (κ3) is 4.78. The van der Waals surface area contributed by atoms with Crippen molar-refractivity contribution in [3.63, 3.8) is 0 Å². The predicted molar refractivity (Wildman–Crippen MR) is 105 cm³/mol. The van der Waals surface area contributed by atoms with Crippen LogP contribution in [0, 0.1) is 6.92 Å². The maximum Gasteiger partial charge on any atom is 0.192 e. The van der Waals surface area contributed by atoms with Gasteiger partial charge in [0, 0.05) is 6.07 Å². The number of hydrogen-bond donors (Lipinski definition) is 0. The normalized spacial score (nSPS) is 15.3. The molecule has 27 heavy (non-hydrogen) atoms. The van der Waals surface area contributed by atoms with Crippen LogP contribution in [0.1, 0.15) is 42.1 Å². The molecule has 0 amide bonds. The highest BCUT2D eigenvalue weighted by Crippen LogP contribution is 2.24. The molecule has 6 nitrogen and oxygen atoms in total. The third-order valence-corrected chi connectivity index (χ3v) is 5.80. The zero-order valence-electron chi connectivity index (χ0n) is 15.7. The third-order valence-electron chi connectivity index (χ3n) is 4.81. The van der Waals surface area contributed by atoms with Crippen LogP contribution < -0.4 is 0 Å². The second-order valence-electron chi connectivity index (χ2n) is 7.03. The van der Waals surface area contributed by atoms with Gasteiger partial charge in [-0.2, -0.15) is 0 Å². The van der Waals surface area contributed by atoms with Crippen LogP contribution in [0.3, 0.4) is 0 Å². The van der Waals surface area contributed by atoms with Crippen LogP contribution in [-0.2, 0) is 18.8 Å². The van der Waals surface area contributed by atoms with E-state index in [1.807, 2.05) is 19.1 Å². The van der Waals surface area contributed by atoms with Gasteiger partial charge >= 0.3 is 0 Å². The first-order valence-corrected chi connectivity index (χ1v) is 10.5. The first kappa shape index (κ1) is 18.3. The Labute approximate surface area is 163 Å². The lowest BCUT2D eigenvalue weighted by atomic mass is 10.1. The van der Waals surface area contributed by atoms with Crippen LogP contribution in [-0.4, -0.2) is 37.9 Å². The van der Waals surface area contributed by atoms with E-state index in [2.05, 4.69) is 49.1 Å². The lowest BCUT2D eigenvalue weighted by Crippen LogP contribution is -2.30. The van der Waals surface area contributed by atoms with Gasteiger partial charge in [-0.25, -0.2) is 0 Å². The van der Waals surface area contributed by atoms with Gasteiger partial charge in [0.1, 0.15) is 11.6 Å². The number of benzene rings is 1. The summed E-state index contributed by atoms with van der Waals surface area (Å²) in [7, 11) is 0. The minimum absolute atomic E-state index is 0.706. The average molecular weight is 384 g/mol. The molecule has 7 heteroatoms. The molecule has 0 saturated carbocycles. The van der Waals surface area contributed by atoms with Crippen molar-refractivity contribution < 1.29 is 4.52 Å². The maximum absolute atomic E-state index is 5.34. The molecule has 1 aliphatic heterocycles. The molecular formula is C20H25N5OS. The summed E-state index contributed by atoms with van der Waals surface area (Å²) < 4.78 is 7.58. The van der Waals surface area contributed by atoms with Crippen LogP contribution in [0.25, 0.3) is 0 Å². The van der Waals surface area contributed by atoms with Crippen molar-refractivity contribution in [1.29, 1.82) is 0 Å². The number of likely N-dealkylation sites (tertiary alicyclic amines) is 1. The molecule has 1 saturated heterocycles. The molecule has 3 aromatic rings. The Morgan fingerprint density at radius 2 is 1.85 bits per heavy atom. The minimum atomic E-state index is 0.706. The van der Waals surface area contributed by atoms with Crippen molar-refractivity contribution >= 4 is 11.8 Å². The summed E-state index contributed by atoms with van der Waals surface area (Å²) in [5.41, 5.74) is 2.16. The topological polar surface area (TPSA) is 60.0 Å². The second-order valence-corrected chi connectivity index (χ2v) is 7.97. The summed E-state index contributed by atoms with van der Waals surface area (Å²) in [4.78, 5) is 2.49. The first-order chi connectivity index (χ1) is 13.3. The van der Waals surface area contributed by atoms with E-state index >= 15 is 0 Å². The molecule has 1 aromatic carbocycles. The molecule has 1 aliphatic rings. The quantitative estimate of drug-likeness (QED) is 0.577. The Bertz CT molecular complexity index is 854. The average Bonchev–Trinajstić information content (AvgIpc) is 3.28. The van der Waals surface area contributed by atoms with Gasteiger partial charge in [0.15, 0.2) is 5.16 Å².